The highest BCUT2D eigenvalue weighted by Gasteiger charge is 2.14. The zero-order valence-corrected chi connectivity index (χ0v) is 17.8. The van der Waals surface area contributed by atoms with Crippen molar-refractivity contribution in [1.82, 2.24) is 5.43 Å². The van der Waals surface area contributed by atoms with Gasteiger partial charge >= 0.3 is 11.8 Å². The maximum atomic E-state index is 12.1. The molecule has 0 unspecified atom stereocenters. The second-order valence-corrected chi connectivity index (χ2v) is 7.32. The molecular weight excluding hydrogens is 390 g/mol. The van der Waals surface area contributed by atoms with Gasteiger partial charge in [0.15, 0.2) is 0 Å². The van der Waals surface area contributed by atoms with Gasteiger partial charge in [-0.15, -0.1) is 0 Å². The molecule has 6 heteroatoms. The quantitative estimate of drug-likeness (QED) is 0.358. The third-order valence-electron chi connectivity index (χ3n) is 4.61. The van der Waals surface area contributed by atoms with Crippen molar-refractivity contribution in [2.75, 3.05) is 5.32 Å². The van der Waals surface area contributed by atoms with Crippen molar-refractivity contribution in [3.8, 4) is 5.75 Å². The number of hydrogen-bond acceptors (Lipinski definition) is 4. The topological polar surface area (TPSA) is 79.8 Å². The van der Waals surface area contributed by atoms with Crippen LogP contribution in [-0.2, 0) is 16.2 Å². The summed E-state index contributed by atoms with van der Waals surface area (Å²) in [5.74, 6) is -0.937. The Labute approximate surface area is 182 Å². The van der Waals surface area contributed by atoms with Crippen LogP contribution < -0.4 is 15.5 Å². The molecule has 158 valence electrons. The summed E-state index contributed by atoms with van der Waals surface area (Å²) in [4.78, 5) is 24.1. The van der Waals surface area contributed by atoms with Crippen LogP contribution in [0, 0.1) is 20.8 Å². The van der Waals surface area contributed by atoms with Gasteiger partial charge in [0.1, 0.15) is 12.4 Å². The van der Waals surface area contributed by atoms with E-state index in [1.807, 2.05) is 81.4 Å². The molecule has 0 heterocycles. The number of carbonyl (C=O) groups is 2. The largest absolute Gasteiger partial charge is 0.489 e. The lowest BCUT2D eigenvalue weighted by Crippen LogP contribution is -2.32. The molecule has 0 spiro atoms. The predicted molar refractivity (Wildman–Crippen MR) is 122 cm³/mol. The molecule has 0 aliphatic carbocycles. The number of hydrogen-bond donors (Lipinski definition) is 2. The fraction of sp³-hybridized carbons (Fsp3) is 0.160. The van der Waals surface area contributed by atoms with E-state index in [-0.39, 0.29) is 0 Å². The summed E-state index contributed by atoms with van der Waals surface area (Å²) >= 11 is 0. The first kappa shape index (κ1) is 21.8. The molecule has 0 aliphatic rings. The highest BCUT2D eigenvalue weighted by Crippen LogP contribution is 2.16. The van der Waals surface area contributed by atoms with E-state index in [1.54, 1.807) is 6.07 Å². The van der Waals surface area contributed by atoms with E-state index < -0.39 is 11.8 Å². The van der Waals surface area contributed by atoms with Gasteiger partial charge in [0.05, 0.1) is 6.21 Å². The Bertz CT molecular complexity index is 1110. The van der Waals surface area contributed by atoms with Gasteiger partial charge in [-0.1, -0.05) is 54.1 Å². The molecule has 0 bridgehead atoms. The van der Waals surface area contributed by atoms with Crippen LogP contribution in [0.4, 0.5) is 5.69 Å². The summed E-state index contributed by atoms with van der Waals surface area (Å²) in [5, 5.41) is 6.47. The van der Waals surface area contributed by atoms with Gasteiger partial charge in [0.25, 0.3) is 0 Å². The minimum absolute atomic E-state index is 0.455. The number of hydrazone groups is 1. The first-order chi connectivity index (χ1) is 14.9. The molecule has 3 aromatic rings. The summed E-state index contributed by atoms with van der Waals surface area (Å²) in [6, 6.07) is 21.1. The third kappa shape index (κ3) is 6.54. The lowest BCUT2D eigenvalue weighted by Gasteiger charge is -2.08. The number of amides is 2. The molecule has 0 saturated heterocycles. The fourth-order valence-corrected chi connectivity index (χ4v) is 2.80. The van der Waals surface area contributed by atoms with Crippen LogP contribution >= 0.6 is 0 Å². The third-order valence-corrected chi connectivity index (χ3v) is 4.61. The molecule has 0 radical (unpaired) electrons. The Morgan fingerprint density at radius 1 is 0.903 bits per heavy atom. The summed E-state index contributed by atoms with van der Waals surface area (Å²) in [6.07, 6.45) is 1.46. The maximum Gasteiger partial charge on any atom is 0.329 e. The van der Waals surface area contributed by atoms with Crippen LogP contribution in [0.3, 0.4) is 0 Å². The van der Waals surface area contributed by atoms with Crippen LogP contribution in [0.2, 0.25) is 0 Å². The van der Waals surface area contributed by atoms with Crippen molar-refractivity contribution in [3.05, 3.63) is 94.5 Å². The van der Waals surface area contributed by atoms with E-state index in [9.17, 15) is 9.59 Å². The summed E-state index contributed by atoms with van der Waals surface area (Å²) in [7, 11) is 0. The average Bonchev–Trinajstić information content (AvgIpc) is 2.76. The van der Waals surface area contributed by atoms with E-state index >= 15 is 0 Å². The van der Waals surface area contributed by atoms with Gasteiger partial charge in [0, 0.05) is 5.69 Å². The number of nitrogens with zero attached hydrogens (tertiary/aromatic N) is 1. The van der Waals surface area contributed by atoms with Crippen molar-refractivity contribution in [1.29, 1.82) is 0 Å². The number of rotatable bonds is 6. The van der Waals surface area contributed by atoms with Gasteiger partial charge < -0.3 is 10.1 Å². The highest BCUT2D eigenvalue weighted by atomic mass is 16.5. The second-order valence-electron chi connectivity index (χ2n) is 7.32. The van der Waals surface area contributed by atoms with E-state index in [1.165, 1.54) is 11.8 Å². The van der Waals surface area contributed by atoms with Crippen molar-refractivity contribution in [3.63, 3.8) is 0 Å². The Hall–Kier alpha value is -3.93. The number of nitrogens with one attached hydrogen (secondary N) is 2. The number of carbonyl (C=O) groups excluding carboxylic acids is 2. The van der Waals surface area contributed by atoms with Gasteiger partial charge in [0.2, 0.25) is 0 Å². The smallest absolute Gasteiger partial charge is 0.329 e. The zero-order valence-electron chi connectivity index (χ0n) is 17.8. The van der Waals surface area contributed by atoms with E-state index in [2.05, 4.69) is 15.8 Å². The number of ether oxygens (including phenoxy) is 1. The molecule has 2 amide bonds. The summed E-state index contributed by atoms with van der Waals surface area (Å²) in [5.41, 5.74) is 7.72. The molecule has 0 fully saturated rings. The van der Waals surface area contributed by atoms with Crippen LogP contribution in [0.5, 0.6) is 5.75 Å². The molecular formula is C25H25N3O3. The van der Waals surface area contributed by atoms with Crippen molar-refractivity contribution >= 4 is 23.7 Å². The van der Waals surface area contributed by atoms with Gasteiger partial charge in [-0.25, -0.2) is 5.43 Å². The van der Waals surface area contributed by atoms with Crippen molar-refractivity contribution in [2.24, 2.45) is 5.10 Å². The molecule has 0 saturated carbocycles. The lowest BCUT2D eigenvalue weighted by atomic mass is 10.1. The number of benzene rings is 3. The molecule has 31 heavy (non-hydrogen) atoms. The summed E-state index contributed by atoms with van der Waals surface area (Å²) < 4.78 is 5.81. The van der Waals surface area contributed by atoms with E-state index in [0.717, 1.165) is 22.3 Å². The monoisotopic (exact) mass is 415 g/mol. The minimum Gasteiger partial charge on any atom is -0.489 e. The molecule has 0 atom stereocenters. The standard InChI is InChI=1S/C25H25N3O3/c1-17-8-11-20(12-9-17)16-31-22-6-4-5-21(14-22)15-26-28-25(30)24(29)27-23-13-18(2)7-10-19(23)3/h4-15H,16H2,1-3H3,(H,27,29)(H,28,30). The Morgan fingerprint density at radius 3 is 2.42 bits per heavy atom. The van der Waals surface area contributed by atoms with Gasteiger partial charge in [-0.2, -0.15) is 5.10 Å². The molecule has 3 aromatic carbocycles. The molecule has 6 nitrogen and oxygen atoms in total. The second kappa shape index (κ2) is 10.2. The van der Waals surface area contributed by atoms with Gasteiger partial charge in [-0.3, -0.25) is 9.59 Å². The predicted octanol–water partition coefficient (Wildman–Crippen LogP) is 4.28. The van der Waals surface area contributed by atoms with Crippen molar-refractivity contribution in [2.45, 2.75) is 27.4 Å². The first-order valence-electron chi connectivity index (χ1n) is 9.91. The molecule has 0 aromatic heterocycles. The van der Waals surface area contributed by atoms with Crippen LogP contribution in [0.15, 0.2) is 71.8 Å². The Morgan fingerprint density at radius 2 is 1.65 bits per heavy atom. The van der Waals surface area contributed by atoms with Gasteiger partial charge in [-0.05, 0) is 61.2 Å². The SMILES string of the molecule is Cc1ccc(COc2cccc(C=NNC(=O)C(=O)Nc3cc(C)ccc3C)c2)cc1. The maximum absolute atomic E-state index is 12.1. The molecule has 0 aliphatic heterocycles. The normalized spacial score (nSPS) is 10.7. The average molecular weight is 415 g/mol. The Balaban J connectivity index is 1.53. The first-order valence-corrected chi connectivity index (χ1v) is 9.91. The minimum atomic E-state index is -0.844. The fourth-order valence-electron chi connectivity index (χ4n) is 2.80. The molecule has 3 rings (SSSR count). The molecule has 2 N–H and O–H groups in total. The van der Waals surface area contributed by atoms with Crippen LogP contribution in [0.1, 0.15) is 27.8 Å². The van der Waals surface area contributed by atoms with E-state index in [0.29, 0.717) is 18.0 Å². The Kier molecular flexibility index (Phi) is 7.17. The number of aryl methyl sites for hydroxylation is 3. The van der Waals surface area contributed by atoms with Crippen LogP contribution in [0.25, 0.3) is 0 Å². The number of anilines is 1. The summed E-state index contributed by atoms with van der Waals surface area (Å²) in [6.45, 7) is 6.27. The zero-order chi connectivity index (χ0) is 22.2. The van der Waals surface area contributed by atoms with Crippen LogP contribution in [-0.4, -0.2) is 18.0 Å². The van der Waals surface area contributed by atoms with E-state index in [4.69, 9.17) is 4.74 Å². The lowest BCUT2D eigenvalue weighted by molar-refractivity contribution is -0.136. The highest BCUT2D eigenvalue weighted by molar-refractivity contribution is 6.39. The van der Waals surface area contributed by atoms with Crippen molar-refractivity contribution < 1.29 is 14.3 Å².